The Balaban J connectivity index is 2.08. The van der Waals surface area contributed by atoms with Gasteiger partial charge in [0, 0.05) is 6.04 Å². The van der Waals surface area contributed by atoms with Gasteiger partial charge in [0.2, 0.25) is 0 Å². The van der Waals surface area contributed by atoms with Crippen LogP contribution in [0, 0.1) is 6.73 Å². The maximum absolute atomic E-state index is 8.38. The van der Waals surface area contributed by atoms with Crippen molar-refractivity contribution in [2.75, 3.05) is 0 Å². The van der Waals surface area contributed by atoms with E-state index in [1.807, 2.05) is 0 Å². The van der Waals surface area contributed by atoms with Gasteiger partial charge in [-0.15, -0.1) is 0 Å². The molecule has 0 saturated heterocycles. The summed E-state index contributed by atoms with van der Waals surface area (Å²) in [5.74, 6) is 0. The van der Waals surface area contributed by atoms with Crippen LogP contribution in [0.5, 0.6) is 0 Å². The van der Waals surface area contributed by atoms with E-state index < -0.39 is 0 Å². The zero-order valence-corrected chi connectivity index (χ0v) is 5.64. The topological polar surface area (TPSA) is 32.3 Å². The molecule has 1 aliphatic rings. The Kier molecular flexibility index (Phi) is 3.01. The molecule has 1 fully saturated rings. The van der Waals surface area contributed by atoms with Gasteiger partial charge >= 0.3 is 0 Å². The van der Waals surface area contributed by atoms with Crippen molar-refractivity contribution in [3.8, 4) is 0 Å². The maximum Gasteiger partial charge on any atom is 0.144 e. The third kappa shape index (κ3) is 2.33. The fourth-order valence-corrected chi connectivity index (χ4v) is 1.37. The van der Waals surface area contributed by atoms with Crippen molar-refractivity contribution in [3.05, 3.63) is 6.73 Å². The molecular formula is C7H14NO. The Labute approximate surface area is 56.3 Å². The predicted molar refractivity (Wildman–Crippen MR) is 36.2 cm³/mol. The predicted octanol–water partition coefficient (Wildman–Crippen LogP) is 1.40. The van der Waals surface area contributed by atoms with Crippen LogP contribution >= 0.6 is 0 Å². The Morgan fingerprint density at radius 1 is 1.22 bits per heavy atom. The fraction of sp³-hybridized carbons (Fsp3) is 0.857. The molecule has 0 aromatic rings. The van der Waals surface area contributed by atoms with Crippen LogP contribution in [0.15, 0.2) is 0 Å². The summed E-state index contributed by atoms with van der Waals surface area (Å²) >= 11 is 0. The first-order valence-electron chi connectivity index (χ1n) is 3.65. The fourth-order valence-electron chi connectivity index (χ4n) is 1.37. The van der Waals surface area contributed by atoms with Crippen molar-refractivity contribution >= 4 is 0 Å². The minimum absolute atomic E-state index is 0.545. The van der Waals surface area contributed by atoms with E-state index in [1.54, 1.807) is 0 Å². The van der Waals surface area contributed by atoms with Gasteiger partial charge in [-0.25, -0.2) is 0 Å². The number of rotatable bonds is 2. The van der Waals surface area contributed by atoms with Crippen molar-refractivity contribution in [2.24, 2.45) is 0 Å². The van der Waals surface area contributed by atoms with E-state index in [2.05, 4.69) is 5.32 Å². The van der Waals surface area contributed by atoms with E-state index in [0.717, 1.165) is 6.73 Å². The molecule has 2 nitrogen and oxygen atoms in total. The quantitative estimate of drug-likeness (QED) is 0.589. The second kappa shape index (κ2) is 3.85. The van der Waals surface area contributed by atoms with Crippen LogP contribution in [0.3, 0.4) is 0 Å². The second-order valence-corrected chi connectivity index (χ2v) is 2.63. The van der Waals surface area contributed by atoms with Crippen molar-refractivity contribution in [2.45, 2.75) is 38.1 Å². The molecule has 0 aliphatic heterocycles. The highest BCUT2D eigenvalue weighted by Crippen LogP contribution is 2.16. The van der Waals surface area contributed by atoms with Crippen LogP contribution in [0.1, 0.15) is 32.1 Å². The molecule has 53 valence electrons. The van der Waals surface area contributed by atoms with Crippen LogP contribution in [-0.4, -0.2) is 11.1 Å². The third-order valence-corrected chi connectivity index (χ3v) is 1.92. The maximum atomic E-state index is 8.38. The molecule has 0 atom stereocenters. The molecule has 9 heavy (non-hydrogen) atoms. The van der Waals surface area contributed by atoms with Crippen molar-refractivity contribution in [3.63, 3.8) is 0 Å². The number of hydrogen-bond acceptors (Lipinski definition) is 2. The summed E-state index contributed by atoms with van der Waals surface area (Å²) in [6.45, 7) is 1.07. The van der Waals surface area contributed by atoms with Crippen LogP contribution in [0.4, 0.5) is 0 Å². The lowest BCUT2D eigenvalue weighted by Crippen LogP contribution is -2.28. The molecule has 0 spiro atoms. The van der Waals surface area contributed by atoms with Gasteiger partial charge in [-0.3, -0.25) is 5.32 Å². The van der Waals surface area contributed by atoms with Gasteiger partial charge in [-0.05, 0) is 12.8 Å². The summed E-state index contributed by atoms with van der Waals surface area (Å²) in [6.07, 6.45) is 6.43. The van der Waals surface area contributed by atoms with Gasteiger partial charge < -0.3 is 5.11 Å². The Bertz CT molecular complexity index is 66.6. The summed E-state index contributed by atoms with van der Waals surface area (Å²) in [7, 11) is 0. The molecule has 1 aliphatic carbocycles. The summed E-state index contributed by atoms with van der Waals surface area (Å²) in [4.78, 5) is 0. The molecule has 0 unspecified atom stereocenters. The highest BCUT2D eigenvalue weighted by Gasteiger charge is 2.10. The SMILES string of the molecule is O[CH]NC1CCCCC1. The largest absolute Gasteiger partial charge is 0.374 e. The normalized spacial score (nSPS) is 22.3. The molecular weight excluding hydrogens is 114 g/mol. The van der Waals surface area contributed by atoms with Crippen molar-refractivity contribution in [1.29, 1.82) is 0 Å². The molecule has 2 heteroatoms. The Morgan fingerprint density at radius 2 is 1.89 bits per heavy atom. The summed E-state index contributed by atoms with van der Waals surface area (Å²) in [6, 6.07) is 0.545. The Hall–Kier alpha value is -0.0800. The van der Waals surface area contributed by atoms with Crippen LogP contribution in [0.2, 0.25) is 0 Å². The molecule has 1 radical (unpaired) electrons. The summed E-state index contributed by atoms with van der Waals surface area (Å²) < 4.78 is 0. The number of hydrogen-bond donors (Lipinski definition) is 2. The molecule has 1 saturated carbocycles. The van der Waals surface area contributed by atoms with Gasteiger partial charge in [0.15, 0.2) is 0 Å². The van der Waals surface area contributed by atoms with Gasteiger partial charge in [-0.2, -0.15) is 0 Å². The zero-order chi connectivity index (χ0) is 6.53. The summed E-state index contributed by atoms with van der Waals surface area (Å²) in [5, 5.41) is 11.3. The van der Waals surface area contributed by atoms with Crippen LogP contribution in [0.25, 0.3) is 0 Å². The lowest BCUT2D eigenvalue weighted by atomic mass is 9.96. The highest BCUT2D eigenvalue weighted by molar-refractivity contribution is 4.71. The molecule has 0 heterocycles. The first-order chi connectivity index (χ1) is 4.43. The first-order valence-corrected chi connectivity index (χ1v) is 3.65. The summed E-state index contributed by atoms with van der Waals surface area (Å²) in [5.41, 5.74) is 0. The van der Waals surface area contributed by atoms with Crippen LogP contribution < -0.4 is 5.32 Å². The van der Waals surface area contributed by atoms with Gasteiger partial charge in [-0.1, -0.05) is 19.3 Å². The first kappa shape index (κ1) is 7.03. The standard InChI is InChI=1S/C7H14NO/c9-6-8-7-4-2-1-3-5-7/h6-9H,1-5H2. The molecule has 0 amide bonds. The van der Waals surface area contributed by atoms with Crippen molar-refractivity contribution in [1.82, 2.24) is 5.32 Å². The third-order valence-electron chi connectivity index (χ3n) is 1.92. The smallest absolute Gasteiger partial charge is 0.144 e. The minimum Gasteiger partial charge on any atom is -0.374 e. The molecule has 0 aromatic carbocycles. The minimum atomic E-state index is 0.545. The zero-order valence-electron chi connectivity index (χ0n) is 5.64. The van der Waals surface area contributed by atoms with Crippen LogP contribution in [-0.2, 0) is 0 Å². The average Bonchev–Trinajstić information content (AvgIpc) is 1.91. The average molecular weight is 128 g/mol. The monoisotopic (exact) mass is 128 g/mol. The van der Waals surface area contributed by atoms with E-state index in [-0.39, 0.29) is 0 Å². The molecule has 2 N–H and O–H groups in total. The van der Waals surface area contributed by atoms with Gasteiger partial charge in [0.25, 0.3) is 0 Å². The van der Waals surface area contributed by atoms with Gasteiger partial charge in [0.05, 0.1) is 0 Å². The lowest BCUT2D eigenvalue weighted by molar-refractivity contribution is 0.293. The molecule has 0 bridgehead atoms. The van der Waals surface area contributed by atoms with E-state index in [1.165, 1.54) is 32.1 Å². The number of nitrogens with one attached hydrogen (secondary N) is 1. The molecule has 0 aromatic heterocycles. The lowest BCUT2D eigenvalue weighted by Gasteiger charge is -2.20. The molecule has 1 rings (SSSR count). The Morgan fingerprint density at radius 3 is 2.44 bits per heavy atom. The van der Waals surface area contributed by atoms with E-state index in [4.69, 9.17) is 5.11 Å². The van der Waals surface area contributed by atoms with E-state index in [0.29, 0.717) is 6.04 Å². The van der Waals surface area contributed by atoms with Gasteiger partial charge in [0.1, 0.15) is 6.73 Å². The number of aliphatic hydroxyl groups is 1. The number of aliphatic hydroxyl groups excluding tert-OH is 1. The van der Waals surface area contributed by atoms with Crippen molar-refractivity contribution < 1.29 is 5.11 Å². The highest BCUT2D eigenvalue weighted by atomic mass is 16.3. The second-order valence-electron chi connectivity index (χ2n) is 2.63. The van der Waals surface area contributed by atoms with E-state index >= 15 is 0 Å². The van der Waals surface area contributed by atoms with E-state index in [9.17, 15) is 0 Å².